The normalized spacial score (nSPS) is 30.7. The van der Waals surface area contributed by atoms with Crippen molar-refractivity contribution in [1.29, 1.82) is 0 Å². The average molecular weight is 248 g/mol. The Balaban J connectivity index is 1.48. The van der Waals surface area contributed by atoms with Crippen molar-refractivity contribution in [3.63, 3.8) is 0 Å². The molecule has 0 aromatic rings. The Morgan fingerprint density at radius 1 is 1.22 bits per heavy atom. The number of likely N-dealkylation sites (tertiary alicyclic amines) is 2. The van der Waals surface area contributed by atoms with Crippen LogP contribution in [0.4, 0.5) is 0 Å². The molecule has 0 aromatic carbocycles. The number of amides is 1. The molecule has 3 aliphatic rings. The van der Waals surface area contributed by atoms with E-state index in [1.807, 2.05) is 4.90 Å². The third kappa shape index (κ3) is 2.20. The number of piperidine rings is 1. The maximum absolute atomic E-state index is 11.6. The van der Waals surface area contributed by atoms with Crippen LogP contribution in [0.2, 0.25) is 0 Å². The van der Waals surface area contributed by atoms with Crippen molar-refractivity contribution in [2.75, 3.05) is 32.7 Å². The molecule has 2 heterocycles. The average Bonchev–Trinajstić information content (AvgIpc) is 2.81. The minimum absolute atomic E-state index is 0.113. The van der Waals surface area contributed by atoms with Gasteiger partial charge < -0.3 is 9.80 Å². The lowest BCUT2D eigenvalue weighted by atomic mass is 9.90. The summed E-state index contributed by atoms with van der Waals surface area (Å²) in [5.74, 6) is 1.03. The minimum Gasteiger partial charge on any atom is -0.339 e. The highest BCUT2D eigenvalue weighted by molar-refractivity contribution is 5.87. The maximum Gasteiger partial charge on any atom is 0.245 e. The summed E-state index contributed by atoms with van der Waals surface area (Å²) in [6.07, 6.45) is 8.06. The first kappa shape index (κ1) is 12.2. The van der Waals surface area contributed by atoms with Gasteiger partial charge in [-0.25, -0.2) is 0 Å². The van der Waals surface area contributed by atoms with Gasteiger partial charge in [0, 0.05) is 19.6 Å². The second kappa shape index (κ2) is 4.69. The molecule has 1 spiro atoms. The smallest absolute Gasteiger partial charge is 0.245 e. The van der Waals surface area contributed by atoms with Crippen LogP contribution in [0.3, 0.4) is 0 Å². The zero-order valence-corrected chi connectivity index (χ0v) is 11.2. The zero-order chi connectivity index (χ0) is 12.6. The molecule has 0 radical (unpaired) electrons. The molecule has 3 rings (SSSR count). The highest BCUT2D eigenvalue weighted by Gasteiger charge is 2.55. The fourth-order valence-electron chi connectivity index (χ4n) is 3.88. The Morgan fingerprint density at radius 3 is 2.50 bits per heavy atom. The molecule has 1 unspecified atom stereocenters. The fourth-order valence-corrected chi connectivity index (χ4v) is 3.88. The van der Waals surface area contributed by atoms with E-state index in [9.17, 15) is 4.79 Å². The summed E-state index contributed by atoms with van der Waals surface area (Å²) >= 11 is 0. The van der Waals surface area contributed by atoms with E-state index in [1.54, 1.807) is 0 Å². The molecule has 1 atom stereocenters. The van der Waals surface area contributed by atoms with Crippen LogP contribution >= 0.6 is 0 Å². The Bertz CT molecular complexity index is 338. The van der Waals surface area contributed by atoms with Crippen LogP contribution in [0.1, 0.15) is 32.1 Å². The van der Waals surface area contributed by atoms with E-state index in [4.69, 9.17) is 0 Å². The van der Waals surface area contributed by atoms with Crippen molar-refractivity contribution in [2.45, 2.75) is 32.1 Å². The number of nitrogens with zero attached hydrogens (tertiary/aromatic N) is 2. The van der Waals surface area contributed by atoms with E-state index >= 15 is 0 Å². The predicted molar refractivity (Wildman–Crippen MR) is 72.2 cm³/mol. The Morgan fingerprint density at radius 2 is 1.89 bits per heavy atom. The van der Waals surface area contributed by atoms with Crippen molar-refractivity contribution >= 4 is 5.91 Å². The van der Waals surface area contributed by atoms with Gasteiger partial charge in [-0.3, -0.25) is 4.79 Å². The van der Waals surface area contributed by atoms with Gasteiger partial charge in [-0.2, -0.15) is 0 Å². The summed E-state index contributed by atoms with van der Waals surface area (Å²) in [5.41, 5.74) is 0.598. The highest BCUT2D eigenvalue weighted by Crippen LogP contribution is 2.59. The van der Waals surface area contributed by atoms with E-state index in [-0.39, 0.29) is 5.91 Å². The topological polar surface area (TPSA) is 23.6 Å². The molecule has 3 fully saturated rings. The van der Waals surface area contributed by atoms with Gasteiger partial charge >= 0.3 is 0 Å². The van der Waals surface area contributed by atoms with E-state index in [0.29, 0.717) is 5.41 Å². The molecule has 1 saturated carbocycles. The van der Waals surface area contributed by atoms with Crippen LogP contribution in [0.15, 0.2) is 12.7 Å². The quantitative estimate of drug-likeness (QED) is 0.712. The van der Waals surface area contributed by atoms with Crippen LogP contribution < -0.4 is 0 Å². The third-order valence-electron chi connectivity index (χ3n) is 5.28. The van der Waals surface area contributed by atoms with Crippen molar-refractivity contribution < 1.29 is 4.79 Å². The number of hydrogen-bond acceptors (Lipinski definition) is 2. The molecule has 2 aliphatic heterocycles. The van der Waals surface area contributed by atoms with Crippen molar-refractivity contribution in [1.82, 2.24) is 9.80 Å². The van der Waals surface area contributed by atoms with E-state index in [0.717, 1.165) is 19.0 Å². The molecule has 18 heavy (non-hydrogen) atoms. The summed E-state index contributed by atoms with van der Waals surface area (Å²) in [6.45, 7) is 9.41. The van der Waals surface area contributed by atoms with E-state index in [1.165, 1.54) is 57.8 Å². The number of rotatable bonds is 3. The molecule has 0 aromatic heterocycles. The molecular formula is C15H24N2O. The molecule has 2 saturated heterocycles. The van der Waals surface area contributed by atoms with Crippen molar-refractivity contribution in [2.24, 2.45) is 11.3 Å². The van der Waals surface area contributed by atoms with E-state index in [2.05, 4.69) is 11.5 Å². The van der Waals surface area contributed by atoms with Gasteiger partial charge in [0.2, 0.25) is 5.91 Å². The van der Waals surface area contributed by atoms with Gasteiger partial charge in [-0.05, 0) is 62.6 Å². The zero-order valence-electron chi connectivity index (χ0n) is 11.2. The van der Waals surface area contributed by atoms with Crippen molar-refractivity contribution in [3.8, 4) is 0 Å². The van der Waals surface area contributed by atoms with Gasteiger partial charge in [0.25, 0.3) is 0 Å². The number of hydrogen-bond donors (Lipinski definition) is 0. The molecule has 100 valence electrons. The lowest BCUT2D eigenvalue weighted by Gasteiger charge is -2.32. The van der Waals surface area contributed by atoms with Crippen LogP contribution in [0.5, 0.6) is 0 Å². The maximum atomic E-state index is 11.6. The van der Waals surface area contributed by atoms with Gasteiger partial charge in [0.1, 0.15) is 0 Å². The fraction of sp³-hybridized carbons (Fsp3) is 0.800. The first-order chi connectivity index (χ1) is 8.73. The molecular weight excluding hydrogens is 224 g/mol. The second-order valence-electron chi connectivity index (χ2n) is 6.30. The largest absolute Gasteiger partial charge is 0.339 e. The molecule has 1 aliphatic carbocycles. The number of carbonyl (C=O) groups excluding carboxylic acids is 1. The van der Waals surface area contributed by atoms with Crippen LogP contribution in [0.25, 0.3) is 0 Å². The predicted octanol–water partition coefficient (Wildman–Crippen LogP) is 1.90. The van der Waals surface area contributed by atoms with Crippen molar-refractivity contribution in [3.05, 3.63) is 12.7 Å². The van der Waals surface area contributed by atoms with Crippen LogP contribution in [-0.4, -0.2) is 48.4 Å². The van der Waals surface area contributed by atoms with Gasteiger partial charge in [-0.15, -0.1) is 0 Å². The SMILES string of the molecule is C=CC(=O)N1CCC2(CC1)CC2CN1CCCC1. The third-order valence-corrected chi connectivity index (χ3v) is 5.28. The number of carbonyl (C=O) groups is 1. The van der Waals surface area contributed by atoms with Gasteiger partial charge in [-0.1, -0.05) is 6.58 Å². The Labute approximate surface area is 110 Å². The molecule has 3 nitrogen and oxygen atoms in total. The molecule has 1 amide bonds. The minimum atomic E-state index is 0.113. The molecule has 0 N–H and O–H groups in total. The van der Waals surface area contributed by atoms with Crippen LogP contribution in [-0.2, 0) is 4.79 Å². The highest BCUT2D eigenvalue weighted by atomic mass is 16.2. The second-order valence-corrected chi connectivity index (χ2v) is 6.30. The summed E-state index contributed by atoms with van der Waals surface area (Å²) in [5, 5.41) is 0. The molecule has 3 heteroatoms. The Kier molecular flexibility index (Phi) is 3.18. The van der Waals surface area contributed by atoms with Gasteiger partial charge in [0.05, 0.1) is 0 Å². The summed E-state index contributed by atoms with van der Waals surface area (Å²) in [4.78, 5) is 16.2. The summed E-state index contributed by atoms with van der Waals surface area (Å²) < 4.78 is 0. The first-order valence-electron chi connectivity index (χ1n) is 7.37. The summed E-state index contributed by atoms with van der Waals surface area (Å²) in [6, 6.07) is 0. The standard InChI is InChI=1S/C15H24N2O/c1-2-14(18)17-9-5-15(6-10-17)11-13(15)12-16-7-3-4-8-16/h2,13H,1,3-12H2. The van der Waals surface area contributed by atoms with Gasteiger partial charge in [0.15, 0.2) is 0 Å². The van der Waals surface area contributed by atoms with Crippen LogP contribution in [0, 0.1) is 11.3 Å². The monoisotopic (exact) mass is 248 g/mol. The Hall–Kier alpha value is -0.830. The molecule has 0 bridgehead atoms. The first-order valence-corrected chi connectivity index (χ1v) is 7.37. The lowest BCUT2D eigenvalue weighted by molar-refractivity contribution is -0.127. The summed E-state index contributed by atoms with van der Waals surface area (Å²) in [7, 11) is 0. The van der Waals surface area contributed by atoms with E-state index < -0.39 is 0 Å². The lowest BCUT2D eigenvalue weighted by Crippen LogP contribution is -2.39.